The van der Waals surface area contributed by atoms with E-state index in [1.54, 1.807) is 43.5 Å². The number of benzene rings is 3. The fraction of sp³-hybridized carbons (Fsp3) is 0.185. The summed E-state index contributed by atoms with van der Waals surface area (Å²) < 4.78 is 14.9. The molecule has 0 fully saturated rings. The second kappa shape index (κ2) is 12.7. The second-order valence-corrected chi connectivity index (χ2v) is 7.64. The topological polar surface area (TPSA) is 120 Å². The van der Waals surface area contributed by atoms with E-state index in [1.807, 2.05) is 24.3 Å². The van der Waals surface area contributed by atoms with E-state index in [4.69, 9.17) is 9.47 Å². The molecular weight excluding hydrogens is 464 g/mol. The van der Waals surface area contributed by atoms with Crippen molar-refractivity contribution in [1.82, 2.24) is 0 Å². The van der Waals surface area contributed by atoms with Gasteiger partial charge in [0.25, 0.3) is 5.91 Å². The highest BCUT2D eigenvalue weighted by molar-refractivity contribution is 6.02. The number of para-hydroxylation sites is 1. The van der Waals surface area contributed by atoms with Crippen molar-refractivity contribution >= 4 is 35.1 Å². The summed E-state index contributed by atoms with van der Waals surface area (Å²) in [5.74, 6) is -1.43. The number of amides is 2. The van der Waals surface area contributed by atoms with Crippen LogP contribution in [0.25, 0.3) is 0 Å². The number of anilines is 2. The van der Waals surface area contributed by atoms with E-state index < -0.39 is 24.5 Å². The monoisotopic (exact) mass is 490 g/mol. The van der Waals surface area contributed by atoms with Gasteiger partial charge in [0.15, 0.2) is 6.61 Å². The quantitative estimate of drug-likeness (QED) is 0.414. The number of esters is 2. The van der Waals surface area contributed by atoms with Crippen LogP contribution in [0.15, 0.2) is 72.8 Å². The van der Waals surface area contributed by atoms with Crippen LogP contribution in [0.5, 0.6) is 5.75 Å². The van der Waals surface area contributed by atoms with Crippen molar-refractivity contribution in [3.63, 3.8) is 0 Å². The fourth-order valence-corrected chi connectivity index (χ4v) is 3.28. The highest BCUT2D eigenvalue weighted by Gasteiger charge is 2.16. The molecule has 0 spiro atoms. The third kappa shape index (κ3) is 7.42. The molecule has 2 N–H and O–H groups in total. The molecule has 0 aliphatic heterocycles. The zero-order valence-corrected chi connectivity index (χ0v) is 19.9. The maximum atomic E-state index is 12.6. The van der Waals surface area contributed by atoms with Crippen molar-refractivity contribution in [3.8, 4) is 5.75 Å². The summed E-state index contributed by atoms with van der Waals surface area (Å²) in [5, 5.41) is 5.28. The van der Waals surface area contributed by atoms with Crippen LogP contribution >= 0.6 is 0 Å². The Morgan fingerprint density at radius 1 is 0.778 bits per heavy atom. The van der Waals surface area contributed by atoms with Crippen molar-refractivity contribution < 1.29 is 33.4 Å². The molecule has 36 heavy (non-hydrogen) atoms. The molecule has 3 rings (SSSR count). The summed E-state index contributed by atoms with van der Waals surface area (Å²) in [6.07, 6.45) is 0.725. The highest BCUT2D eigenvalue weighted by atomic mass is 16.5. The number of aryl methyl sites for hydroxylation is 1. The largest absolute Gasteiger partial charge is 0.497 e. The molecule has 0 radical (unpaired) electrons. The summed E-state index contributed by atoms with van der Waals surface area (Å²) >= 11 is 0. The Bertz CT molecular complexity index is 1240. The summed E-state index contributed by atoms with van der Waals surface area (Å²) in [4.78, 5) is 48.9. The number of hydrogen-bond donors (Lipinski definition) is 2. The minimum Gasteiger partial charge on any atom is -0.497 e. The van der Waals surface area contributed by atoms with Crippen molar-refractivity contribution in [2.24, 2.45) is 0 Å². The molecule has 2 amide bonds. The van der Waals surface area contributed by atoms with E-state index in [2.05, 4.69) is 15.4 Å². The maximum absolute atomic E-state index is 12.6. The number of carbonyl (C=O) groups is 4. The Labute approximate surface area is 208 Å². The molecule has 3 aromatic rings. The third-order valence-corrected chi connectivity index (χ3v) is 5.12. The Morgan fingerprint density at radius 3 is 2.25 bits per heavy atom. The zero-order chi connectivity index (χ0) is 25.9. The van der Waals surface area contributed by atoms with Gasteiger partial charge >= 0.3 is 11.9 Å². The molecule has 0 bridgehead atoms. The van der Waals surface area contributed by atoms with E-state index in [9.17, 15) is 19.2 Å². The first-order valence-electron chi connectivity index (χ1n) is 11.1. The van der Waals surface area contributed by atoms with Crippen molar-refractivity contribution in [1.29, 1.82) is 0 Å². The number of methoxy groups -OCH3 is 2. The molecule has 186 valence electrons. The van der Waals surface area contributed by atoms with Gasteiger partial charge in [-0.2, -0.15) is 0 Å². The fourth-order valence-electron chi connectivity index (χ4n) is 3.28. The van der Waals surface area contributed by atoms with Gasteiger partial charge in [-0.05, 0) is 54.4 Å². The molecule has 0 aliphatic carbocycles. The average molecular weight is 491 g/mol. The van der Waals surface area contributed by atoms with Gasteiger partial charge in [-0.1, -0.05) is 30.3 Å². The first kappa shape index (κ1) is 26.0. The molecule has 0 saturated heterocycles. The van der Waals surface area contributed by atoms with Crippen LogP contribution in [-0.4, -0.2) is 44.6 Å². The highest BCUT2D eigenvalue weighted by Crippen LogP contribution is 2.18. The normalized spacial score (nSPS) is 10.2. The van der Waals surface area contributed by atoms with Gasteiger partial charge in [-0.25, -0.2) is 9.59 Å². The molecule has 0 saturated carbocycles. The summed E-state index contributed by atoms with van der Waals surface area (Å²) in [7, 11) is 2.84. The van der Waals surface area contributed by atoms with Crippen molar-refractivity contribution in [2.75, 3.05) is 31.5 Å². The van der Waals surface area contributed by atoms with Crippen molar-refractivity contribution in [2.45, 2.75) is 12.8 Å². The van der Waals surface area contributed by atoms with Gasteiger partial charge in [-0.3, -0.25) is 9.59 Å². The van der Waals surface area contributed by atoms with E-state index in [-0.39, 0.29) is 29.1 Å². The van der Waals surface area contributed by atoms with Crippen LogP contribution < -0.4 is 15.4 Å². The predicted octanol–water partition coefficient (Wildman–Crippen LogP) is 3.85. The van der Waals surface area contributed by atoms with Gasteiger partial charge in [0, 0.05) is 12.1 Å². The van der Waals surface area contributed by atoms with E-state index in [0.717, 1.165) is 11.3 Å². The lowest BCUT2D eigenvalue weighted by Gasteiger charge is -2.11. The number of nitrogens with one attached hydrogen (secondary N) is 2. The van der Waals surface area contributed by atoms with Crippen LogP contribution in [0, 0.1) is 0 Å². The van der Waals surface area contributed by atoms with Gasteiger partial charge in [-0.15, -0.1) is 0 Å². The number of carbonyl (C=O) groups excluding carboxylic acids is 4. The average Bonchev–Trinajstić information content (AvgIpc) is 2.90. The molecule has 0 aromatic heterocycles. The van der Waals surface area contributed by atoms with Crippen LogP contribution in [0.3, 0.4) is 0 Å². The van der Waals surface area contributed by atoms with E-state index in [0.29, 0.717) is 12.1 Å². The van der Waals surface area contributed by atoms with Gasteiger partial charge in [0.2, 0.25) is 5.91 Å². The Kier molecular flexibility index (Phi) is 9.16. The number of hydrogen-bond acceptors (Lipinski definition) is 7. The van der Waals surface area contributed by atoms with Gasteiger partial charge in [0.05, 0.1) is 31.0 Å². The molecule has 0 atom stereocenters. The Balaban J connectivity index is 1.53. The Hall–Kier alpha value is -4.66. The summed E-state index contributed by atoms with van der Waals surface area (Å²) in [6, 6.07) is 20.0. The lowest BCUT2D eigenvalue weighted by Crippen LogP contribution is -2.22. The standard InChI is InChI=1S/C27H26N2O7/c1-34-21-13-10-18(11-14-21)12-15-24(30)29-23-9-4-3-8-22(23)27(33)36-17-25(31)28-20-7-5-6-19(16-20)26(32)35-2/h3-11,13-14,16H,12,15,17H2,1-2H3,(H,28,31)(H,29,30). The molecule has 0 aliphatic rings. The van der Waals surface area contributed by atoms with Gasteiger partial charge in [0.1, 0.15) is 5.75 Å². The van der Waals surface area contributed by atoms with Gasteiger partial charge < -0.3 is 24.8 Å². The lowest BCUT2D eigenvalue weighted by atomic mass is 10.1. The van der Waals surface area contributed by atoms with Crippen LogP contribution in [0.4, 0.5) is 11.4 Å². The first-order chi connectivity index (χ1) is 17.4. The molecule has 9 nitrogen and oxygen atoms in total. The van der Waals surface area contributed by atoms with E-state index >= 15 is 0 Å². The van der Waals surface area contributed by atoms with Crippen LogP contribution in [0.2, 0.25) is 0 Å². The lowest BCUT2D eigenvalue weighted by molar-refractivity contribution is -0.119. The minimum atomic E-state index is -0.764. The second-order valence-electron chi connectivity index (χ2n) is 7.64. The van der Waals surface area contributed by atoms with Crippen molar-refractivity contribution in [3.05, 3.63) is 89.5 Å². The smallest absolute Gasteiger partial charge is 0.340 e. The first-order valence-corrected chi connectivity index (χ1v) is 11.1. The molecule has 0 heterocycles. The predicted molar refractivity (Wildman–Crippen MR) is 133 cm³/mol. The molecule has 9 heteroatoms. The SMILES string of the molecule is COC(=O)c1cccc(NC(=O)COC(=O)c2ccccc2NC(=O)CCc2ccc(OC)cc2)c1. The maximum Gasteiger partial charge on any atom is 0.340 e. The molecular formula is C27H26N2O7. The molecule has 0 unspecified atom stereocenters. The molecule has 3 aromatic carbocycles. The zero-order valence-electron chi connectivity index (χ0n) is 19.9. The van der Waals surface area contributed by atoms with E-state index in [1.165, 1.54) is 19.2 Å². The minimum absolute atomic E-state index is 0.121. The Morgan fingerprint density at radius 2 is 1.53 bits per heavy atom. The van der Waals surface area contributed by atoms with Crippen LogP contribution in [0.1, 0.15) is 32.7 Å². The number of ether oxygens (including phenoxy) is 3. The van der Waals surface area contributed by atoms with Crippen LogP contribution in [-0.2, 0) is 25.5 Å². The third-order valence-electron chi connectivity index (χ3n) is 5.12. The summed E-state index contributed by atoms with van der Waals surface area (Å²) in [5.41, 5.74) is 2.00. The number of rotatable bonds is 10. The summed E-state index contributed by atoms with van der Waals surface area (Å²) in [6.45, 7) is -0.555.